The zero-order valence-electron chi connectivity index (χ0n) is 23.3. The van der Waals surface area contributed by atoms with Crippen LogP contribution in [0.4, 0.5) is 5.69 Å². The molecular weight excluding hydrogens is 538 g/mol. The van der Waals surface area contributed by atoms with Crippen LogP contribution in [0.25, 0.3) is 10.8 Å². The smallest absolute Gasteiger partial charge is 0.259 e. The van der Waals surface area contributed by atoms with Gasteiger partial charge in [0.25, 0.3) is 5.91 Å². The molecule has 1 aliphatic carbocycles. The van der Waals surface area contributed by atoms with Gasteiger partial charge in [-0.05, 0) is 61.6 Å². The van der Waals surface area contributed by atoms with Crippen molar-refractivity contribution in [1.29, 1.82) is 0 Å². The number of carbonyl (C=O) groups is 3. The third kappa shape index (κ3) is 4.26. The molecule has 41 heavy (non-hydrogen) atoms. The van der Waals surface area contributed by atoms with Crippen LogP contribution in [0.2, 0.25) is 5.15 Å². The van der Waals surface area contributed by atoms with E-state index in [9.17, 15) is 14.4 Å². The monoisotopic (exact) mass is 571 g/mol. The highest BCUT2D eigenvalue weighted by Crippen LogP contribution is 2.43. The quantitative estimate of drug-likeness (QED) is 0.445. The Morgan fingerprint density at radius 2 is 1.90 bits per heavy atom. The minimum Gasteiger partial charge on any atom is -0.342 e. The summed E-state index contributed by atoms with van der Waals surface area (Å²) in [4.78, 5) is 42.9. The fourth-order valence-corrected chi connectivity index (χ4v) is 7.30. The average Bonchev–Trinajstić information content (AvgIpc) is 3.46. The highest BCUT2D eigenvalue weighted by molar-refractivity contribution is 6.30. The van der Waals surface area contributed by atoms with Crippen LogP contribution in [0.15, 0.2) is 48.8 Å². The van der Waals surface area contributed by atoms with Crippen LogP contribution in [0.3, 0.4) is 0 Å². The maximum absolute atomic E-state index is 13.5. The number of anilines is 1. The number of halogens is 1. The van der Waals surface area contributed by atoms with E-state index in [2.05, 4.69) is 23.9 Å². The molecule has 2 aromatic carbocycles. The normalized spacial score (nSPS) is 22.3. The highest BCUT2D eigenvalue weighted by Gasteiger charge is 2.43. The fourth-order valence-electron chi connectivity index (χ4n) is 7.09. The van der Waals surface area contributed by atoms with Crippen molar-refractivity contribution >= 4 is 45.8 Å². The van der Waals surface area contributed by atoms with Gasteiger partial charge in [0.15, 0.2) is 5.15 Å². The average molecular weight is 572 g/mol. The molecule has 0 spiro atoms. The molecule has 212 valence electrons. The van der Waals surface area contributed by atoms with E-state index in [-0.39, 0.29) is 23.3 Å². The van der Waals surface area contributed by atoms with Crippen molar-refractivity contribution in [1.82, 2.24) is 20.0 Å². The lowest BCUT2D eigenvalue weighted by Gasteiger charge is -2.43. The minimum atomic E-state index is -0.555. The molecule has 1 aromatic heterocycles. The van der Waals surface area contributed by atoms with E-state index < -0.39 is 6.04 Å². The number of amides is 3. The summed E-state index contributed by atoms with van der Waals surface area (Å²) in [6, 6.07) is 9.41. The second-order valence-corrected chi connectivity index (χ2v) is 12.7. The predicted molar refractivity (Wildman–Crippen MR) is 158 cm³/mol. The molecular formula is C32H34ClN5O3. The number of allylic oxidation sites excluding steroid dienone is 1. The first-order chi connectivity index (χ1) is 19.7. The summed E-state index contributed by atoms with van der Waals surface area (Å²) in [6.45, 7) is 7.46. The van der Waals surface area contributed by atoms with Crippen molar-refractivity contribution in [2.24, 2.45) is 5.41 Å². The molecule has 2 saturated heterocycles. The van der Waals surface area contributed by atoms with Crippen LogP contribution in [0, 0.1) is 5.41 Å². The van der Waals surface area contributed by atoms with Gasteiger partial charge in [-0.3, -0.25) is 24.0 Å². The van der Waals surface area contributed by atoms with Gasteiger partial charge < -0.3 is 10.2 Å². The molecule has 1 atom stereocenters. The lowest BCUT2D eigenvalue weighted by atomic mass is 9.69. The van der Waals surface area contributed by atoms with Gasteiger partial charge in [-0.15, -0.1) is 0 Å². The van der Waals surface area contributed by atoms with Gasteiger partial charge in [-0.25, -0.2) is 0 Å². The first-order valence-corrected chi connectivity index (χ1v) is 15.0. The van der Waals surface area contributed by atoms with Crippen molar-refractivity contribution in [3.63, 3.8) is 0 Å². The Balaban J connectivity index is 1.11. The Bertz CT molecular complexity index is 1610. The summed E-state index contributed by atoms with van der Waals surface area (Å²) in [5, 5.41) is 9.83. The Labute approximate surface area is 244 Å². The van der Waals surface area contributed by atoms with Gasteiger partial charge in [0.2, 0.25) is 11.8 Å². The molecule has 3 fully saturated rings. The standard InChI is InChI=1S/C32H34ClN5O3/c1-19-7-9-26(29(39)34-19)38-25-10-8-20(23-5-3-6-24(27(23)25)30(38)40)17-21-18-37(35-28(21)33)22-11-15-36(16-12-22)31(41)32(2)13-4-14-32/h3,5-6,8,10,18,22,26H,1,4,7,9,11-17H2,2H3,(H,34,39). The Hall–Kier alpha value is -3.65. The Kier molecular flexibility index (Phi) is 6.23. The van der Waals surface area contributed by atoms with Gasteiger partial charge in [0.1, 0.15) is 6.04 Å². The molecule has 1 saturated carbocycles. The van der Waals surface area contributed by atoms with Crippen LogP contribution in [-0.2, 0) is 16.0 Å². The second-order valence-electron chi connectivity index (χ2n) is 12.3. The number of rotatable bonds is 5. The molecule has 0 bridgehead atoms. The SMILES string of the molecule is C=C1CCC(N2C(=O)c3cccc4c(Cc5cn(C6CCN(C(=O)C7(C)CCC7)CC6)nc5Cl)ccc2c34)C(=O)N1. The lowest BCUT2D eigenvalue weighted by molar-refractivity contribution is -0.147. The summed E-state index contributed by atoms with van der Waals surface area (Å²) in [7, 11) is 0. The molecule has 8 nitrogen and oxygen atoms in total. The molecule has 4 aliphatic rings. The van der Waals surface area contributed by atoms with Crippen LogP contribution in [-0.4, -0.2) is 51.5 Å². The van der Waals surface area contributed by atoms with E-state index in [1.54, 1.807) is 4.90 Å². The van der Waals surface area contributed by atoms with E-state index in [1.807, 2.05) is 46.1 Å². The van der Waals surface area contributed by atoms with Gasteiger partial charge in [-0.1, -0.05) is 49.7 Å². The molecule has 1 N–H and O–H groups in total. The van der Waals surface area contributed by atoms with Crippen molar-refractivity contribution in [2.75, 3.05) is 18.0 Å². The van der Waals surface area contributed by atoms with Crippen LogP contribution in [0.5, 0.6) is 0 Å². The summed E-state index contributed by atoms with van der Waals surface area (Å²) in [5.41, 5.74) is 3.91. The number of hydrogen-bond donors (Lipinski definition) is 1. The largest absolute Gasteiger partial charge is 0.342 e. The molecule has 3 aliphatic heterocycles. The summed E-state index contributed by atoms with van der Waals surface area (Å²) in [6.07, 6.45) is 8.68. The lowest BCUT2D eigenvalue weighted by Crippen LogP contribution is -2.51. The molecule has 7 rings (SSSR count). The third-order valence-corrected chi connectivity index (χ3v) is 10.0. The van der Waals surface area contributed by atoms with E-state index in [4.69, 9.17) is 11.6 Å². The van der Waals surface area contributed by atoms with Crippen molar-refractivity contribution in [2.45, 2.75) is 70.4 Å². The van der Waals surface area contributed by atoms with Gasteiger partial charge in [0, 0.05) is 53.3 Å². The predicted octanol–water partition coefficient (Wildman–Crippen LogP) is 5.39. The van der Waals surface area contributed by atoms with E-state index in [0.717, 1.165) is 72.8 Å². The number of benzene rings is 2. The zero-order chi connectivity index (χ0) is 28.5. The first-order valence-electron chi connectivity index (χ1n) is 14.6. The van der Waals surface area contributed by atoms with E-state index >= 15 is 0 Å². The van der Waals surface area contributed by atoms with E-state index in [0.29, 0.717) is 41.6 Å². The topological polar surface area (TPSA) is 87.5 Å². The number of nitrogens with one attached hydrogen (secondary N) is 1. The molecule has 4 heterocycles. The number of hydrogen-bond acceptors (Lipinski definition) is 4. The van der Waals surface area contributed by atoms with E-state index in [1.165, 1.54) is 0 Å². The summed E-state index contributed by atoms with van der Waals surface area (Å²) >= 11 is 6.67. The third-order valence-electron chi connectivity index (χ3n) is 9.69. The number of piperidine rings is 2. The number of likely N-dealkylation sites (tertiary alicyclic amines) is 1. The van der Waals surface area contributed by atoms with Crippen LogP contribution < -0.4 is 10.2 Å². The van der Waals surface area contributed by atoms with Crippen molar-refractivity contribution in [3.05, 3.63) is 70.6 Å². The molecule has 3 amide bonds. The molecule has 3 aromatic rings. The molecule has 0 radical (unpaired) electrons. The summed E-state index contributed by atoms with van der Waals surface area (Å²) in [5.74, 6) is -0.0243. The zero-order valence-corrected chi connectivity index (χ0v) is 24.0. The van der Waals surface area contributed by atoms with Gasteiger partial charge >= 0.3 is 0 Å². The maximum Gasteiger partial charge on any atom is 0.259 e. The summed E-state index contributed by atoms with van der Waals surface area (Å²) < 4.78 is 1.98. The van der Waals surface area contributed by atoms with Crippen LogP contribution >= 0.6 is 11.6 Å². The maximum atomic E-state index is 13.5. The number of carbonyl (C=O) groups excluding carboxylic acids is 3. The van der Waals surface area contributed by atoms with Gasteiger partial charge in [-0.2, -0.15) is 5.10 Å². The molecule has 1 unspecified atom stereocenters. The van der Waals surface area contributed by atoms with Crippen molar-refractivity contribution < 1.29 is 14.4 Å². The highest BCUT2D eigenvalue weighted by atomic mass is 35.5. The Morgan fingerprint density at radius 1 is 1.12 bits per heavy atom. The fraction of sp³-hybridized carbons (Fsp3) is 0.438. The second kappa shape index (κ2) is 9.72. The van der Waals surface area contributed by atoms with Crippen LogP contribution in [0.1, 0.15) is 79.4 Å². The number of nitrogens with zero attached hydrogens (tertiary/aromatic N) is 4. The van der Waals surface area contributed by atoms with Gasteiger partial charge in [0.05, 0.1) is 11.7 Å². The minimum absolute atomic E-state index is 0.141. The first kappa shape index (κ1) is 26.3. The number of aromatic nitrogens is 2. The van der Waals surface area contributed by atoms with Crippen molar-refractivity contribution in [3.8, 4) is 0 Å². The molecule has 9 heteroatoms. The Morgan fingerprint density at radius 3 is 2.61 bits per heavy atom.